The zero-order valence-corrected chi connectivity index (χ0v) is 11.7. The van der Waals surface area contributed by atoms with Gasteiger partial charge >= 0.3 is 0 Å². The topological polar surface area (TPSA) is 33.3 Å². The second-order valence-electron chi connectivity index (χ2n) is 5.42. The van der Waals surface area contributed by atoms with Gasteiger partial charge in [-0.15, -0.1) is 0 Å². The number of benzene rings is 1. The molecule has 3 heteroatoms. The molecule has 0 saturated carbocycles. The molecular formula is C15H24N2O. The van der Waals surface area contributed by atoms with Crippen molar-refractivity contribution in [3.8, 4) is 0 Å². The van der Waals surface area contributed by atoms with E-state index in [2.05, 4.69) is 42.7 Å². The molecule has 1 heterocycles. The van der Waals surface area contributed by atoms with Crippen LogP contribution in [-0.4, -0.2) is 25.3 Å². The van der Waals surface area contributed by atoms with Crippen LogP contribution in [0.3, 0.4) is 0 Å². The number of hydrogen-bond donors (Lipinski definition) is 2. The number of anilines is 1. The standard InChI is InChI=1S/C15H24N2O/c1-4-18-15(2,3)11-16-10-13-7-5-6-12-8-9-17-14(12)13/h5-7,16-17H,4,8-11H2,1-3H3. The van der Waals surface area contributed by atoms with Gasteiger partial charge in [0.2, 0.25) is 0 Å². The third kappa shape index (κ3) is 3.24. The van der Waals surface area contributed by atoms with Crippen molar-refractivity contribution in [3.05, 3.63) is 29.3 Å². The molecule has 100 valence electrons. The van der Waals surface area contributed by atoms with Crippen LogP contribution in [0, 0.1) is 0 Å². The minimum atomic E-state index is -0.0971. The highest BCUT2D eigenvalue weighted by Gasteiger charge is 2.18. The first-order chi connectivity index (χ1) is 8.62. The van der Waals surface area contributed by atoms with Crippen LogP contribution in [0.1, 0.15) is 31.9 Å². The predicted molar refractivity (Wildman–Crippen MR) is 76.0 cm³/mol. The maximum absolute atomic E-state index is 5.68. The van der Waals surface area contributed by atoms with Crippen LogP contribution in [0.25, 0.3) is 0 Å². The zero-order chi connectivity index (χ0) is 13.0. The molecule has 0 aliphatic carbocycles. The molecular weight excluding hydrogens is 224 g/mol. The van der Waals surface area contributed by atoms with E-state index in [0.29, 0.717) is 0 Å². The third-order valence-corrected chi connectivity index (χ3v) is 3.33. The Morgan fingerprint density at radius 1 is 1.39 bits per heavy atom. The molecule has 0 bridgehead atoms. The number of fused-ring (bicyclic) bond motifs is 1. The highest BCUT2D eigenvalue weighted by atomic mass is 16.5. The van der Waals surface area contributed by atoms with Crippen LogP contribution in [-0.2, 0) is 17.7 Å². The summed E-state index contributed by atoms with van der Waals surface area (Å²) in [5.74, 6) is 0. The van der Waals surface area contributed by atoms with E-state index in [1.165, 1.54) is 16.8 Å². The second-order valence-corrected chi connectivity index (χ2v) is 5.42. The van der Waals surface area contributed by atoms with Crippen LogP contribution in [0.2, 0.25) is 0 Å². The zero-order valence-electron chi connectivity index (χ0n) is 11.7. The van der Waals surface area contributed by atoms with Crippen LogP contribution >= 0.6 is 0 Å². The van der Waals surface area contributed by atoms with Gasteiger partial charge in [0.1, 0.15) is 0 Å². The van der Waals surface area contributed by atoms with Gasteiger partial charge in [0.05, 0.1) is 5.60 Å². The molecule has 2 rings (SSSR count). The molecule has 1 aromatic rings. The Labute approximate surface area is 110 Å². The Balaban J connectivity index is 1.90. The molecule has 1 aliphatic heterocycles. The SMILES string of the molecule is CCOC(C)(C)CNCc1cccc2c1NCC2. The monoisotopic (exact) mass is 248 g/mol. The number of nitrogens with one attached hydrogen (secondary N) is 2. The van der Waals surface area contributed by atoms with E-state index in [1.807, 2.05) is 6.92 Å². The minimum Gasteiger partial charge on any atom is -0.384 e. The molecule has 3 nitrogen and oxygen atoms in total. The first kappa shape index (κ1) is 13.4. The molecule has 0 spiro atoms. The van der Waals surface area contributed by atoms with Crippen molar-refractivity contribution in [1.29, 1.82) is 0 Å². The van der Waals surface area contributed by atoms with Gasteiger partial charge in [0.15, 0.2) is 0 Å². The largest absolute Gasteiger partial charge is 0.384 e. The van der Waals surface area contributed by atoms with Crippen LogP contribution in [0.5, 0.6) is 0 Å². The molecule has 0 radical (unpaired) electrons. The molecule has 0 atom stereocenters. The normalized spacial score (nSPS) is 14.4. The summed E-state index contributed by atoms with van der Waals surface area (Å²) < 4.78 is 5.68. The smallest absolute Gasteiger partial charge is 0.0750 e. The van der Waals surface area contributed by atoms with Crippen molar-refractivity contribution in [2.75, 3.05) is 25.0 Å². The van der Waals surface area contributed by atoms with E-state index in [9.17, 15) is 0 Å². The fraction of sp³-hybridized carbons (Fsp3) is 0.600. The lowest BCUT2D eigenvalue weighted by atomic mass is 10.1. The maximum atomic E-state index is 5.68. The van der Waals surface area contributed by atoms with Crippen molar-refractivity contribution in [2.45, 2.75) is 39.3 Å². The Morgan fingerprint density at radius 2 is 2.22 bits per heavy atom. The molecule has 0 unspecified atom stereocenters. The van der Waals surface area contributed by atoms with Gasteiger partial charge in [-0.1, -0.05) is 18.2 Å². The predicted octanol–water partition coefficient (Wildman–Crippen LogP) is 2.56. The summed E-state index contributed by atoms with van der Waals surface area (Å²) >= 11 is 0. The van der Waals surface area contributed by atoms with Crippen molar-refractivity contribution in [1.82, 2.24) is 5.32 Å². The lowest BCUT2D eigenvalue weighted by molar-refractivity contribution is -0.00896. The van der Waals surface area contributed by atoms with Crippen molar-refractivity contribution in [3.63, 3.8) is 0 Å². The van der Waals surface area contributed by atoms with Crippen LogP contribution in [0.4, 0.5) is 5.69 Å². The fourth-order valence-corrected chi connectivity index (χ4v) is 2.50. The van der Waals surface area contributed by atoms with Gasteiger partial charge < -0.3 is 15.4 Å². The van der Waals surface area contributed by atoms with Crippen LogP contribution in [0.15, 0.2) is 18.2 Å². The summed E-state index contributed by atoms with van der Waals surface area (Å²) in [5, 5.41) is 6.96. The first-order valence-electron chi connectivity index (χ1n) is 6.82. The number of rotatable bonds is 6. The lowest BCUT2D eigenvalue weighted by Crippen LogP contribution is -2.37. The van der Waals surface area contributed by atoms with E-state index in [1.54, 1.807) is 0 Å². The molecule has 1 aromatic carbocycles. The summed E-state index contributed by atoms with van der Waals surface area (Å²) in [5.41, 5.74) is 4.04. The lowest BCUT2D eigenvalue weighted by Gasteiger charge is -2.25. The number of hydrogen-bond acceptors (Lipinski definition) is 3. The minimum absolute atomic E-state index is 0.0971. The highest BCUT2D eigenvalue weighted by molar-refractivity contribution is 5.61. The summed E-state index contributed by atoms with van der Waals surface area (Å²) in [4.78, 5) is 0. The first-order valence-corrected chi connectivity index (χ1v) is 6.82. The van der Waals surface area contributed by atoms with Crippen molar-refractivity contribution in [2.24, 2.45) is 0 Å². The number of para-hydroxylation sites is 1. The summed E-state index contributed by atoms with van der Waals surface area (Å²) in [6, 6.07) is 6.55. The Bertz CT molecular complexity index is 401. The summed E-state index contributed by atoms with van der Waals surface area (Å²) in [6.45, 7) is 9.87. The van der Waals surface area contributed by atoms with Crippen molar-refractivity contribution >= 4 is 5.69 Å². The Kier molecular flexibility index (Phi) is 4.25. The molecule has 0 amide bonds. The van der Waals surface area contributed by atoms with Gasteiger partial charge in [-0.05, 0) is 38.3 Å². The average Bonchev–Trinajstić information content (AvgIpc) is 2.77. The molecule has 0 fully saturated rings. The van der Waals surface area contributed by atoms with E-state index in [0.717, 1.165) is 32.7 Å². The van der Waals surface area contributed by atoms with Gasteiger partial charge in [0, 0.05) is 31.9 Å². The van der Waals surface area contributed by atoms with Gasteiger partial charge in [0.25, 0.3) is 0 Å². The van der Waals surface area contributed by atoms with Gasteiger partial charge in [-0.25, -0.2) is 0 Å². The molecule has 18 heavy (non-hydrogen) atoms. The second kappa shape index (κ2) is 5.72. The molecule has 0 saturated heterocycles. The average molecular weight is 248 g/mol. The van der Waals surface area contributed by atoms with E-state index < -0.39 is 0 Å². The molecule has 0 aromatic heterocycles. The summed E-state index contributed by atoms with van der Waals surface area (Å²) in [6.07, 6.45) is 1.15. The van der Waals surface area contributed by atoms with E-state index >= 15 is 0 Å². The number of ether oxygens (including phenoxy) is 1. The van der Waals surface area contributed by atoms with Gasteiger partial charge in [-0.3, -0.25) is 0 Å². The maximum Gasteiger partial charge on any atom is 0.0750 e. The third-order valence-electron chi connectivity index (χ3n) is 3.33. The molecule has 2 N–H and O–H groups in total. The van der Waals surface area contributed by atoms with E-state index in [4.69, 9.17) is 4.74 Å². The summed E-state index contributed by atoms with van der Waals surface area (Å²) in [7, 11) is 0. The quantitative estimate of drug-likeness (QED) is 0.811. The van der Waals surface area contributed by atoms with Crippen molar-refractivity contribution < 1.29 is 4.74 Å². The van der Waals surface area contributed by atoms with Gasteiger partial charge in [-0.2, -0.15) is 0 Å². The Morgan fingerprint density at radius 3 is 3.00 bits per heavy atom. The fourth-order valence-electron chi connectivity index (χ4n) is 2.50. The van der Waals surface area contributed by atoms with E-state index in [-0.39, 0.29) is 5.60 Å². The Hall–Kier alpha value is -1.06. The highest BCUT2D eigenvalue weighted by Crippen LogP contribution is 2.26. The molecule has 1 aliphatic rings. The van der Waals surface area contributed by atoms with Crippen LogP contribution < -0.4 is 10.6 Å².